The third-order valence-electron chi connectivity index (χ3n) is 5.40. The van der Waals surface area contributed by atoms with Gasteiger partial charge in [-0.1, -0.05) is 47.6 Å². The van der Waals surface area contributed by atoms with E-state index in [1.54, 1.807) is 26.4 Å². The summed E-state index contributed by atoms with van der Waals surface area (Å²) in [5, 5.41) is 0. The topological polar surface area (TPSA) is 63.2 Å². The first-order valence-electron chi connectivity index (χ1n) is 11.9. The number of esters is 1. The molecule has 36 heavy (non-hydrogen) atoms. The third kappa shape index (κ3) is 9.72. The molecule has 0 bridgehead atoms. The maximum atomic E-state index is 11.7. The molecule has 0 saturated heterocycles. The van der Waals surface area contributed by atoms with Crippen molar-refractivity contribution < 1.29 is 28.5 Å². The number of hydrogen-bond acceptors (Lipinski definition) is 6. The average Bonchev–Trinajstić information content (AvgIpc) is 2.88. The van der Waals surface area contributed by atoms with Gasteiger partial charge >= 0.3 is 5.97 Å². The SMILES string of the molecule is COCOc1cc(/C=C/c2ccc(C(=O)OC)cc2)cc(OCOC)c1C/C=C(\C)CCC=C(C)C. The van der Waals surface area contributed by atoms with Gasteiger partial charge in [0.1, 0.15) is 11.5 Å². The molecule has 2 rings (SSSR count). The van der Waals surface area contributed by atoms with E-state index in [4.69, 9.17) is 23.7 Å². The zero-order valence-corrected chi connectivity index (χ0v) is 22.3. The Labute approximate surface area is 215 Å². The summed E-state index contributed by atoms with van der Waals surface area (Å²) in [6, 6.07) is 11.1. The molecular weight excluding hydrogens is 456 g/mol. The van der Waals surface area contributed by atoms with Crippen LogP contribution >= 0.6 is 0 Å². The summed E-state index contributed by atoms with van der Waals surface area (Å²) in [6.45, 7) is 6.63. The smallest absolute Gasteiger partial charge is 0.337 e. The van der Waals surface area contributed by atoms with Crippen molar-refractivity contribution in [2.75, 3.05) is 34.9 Å². The molecule has 0 spiro atoms. The Kier molecular flexibility index (Phi) is 12.5. The first-order chi connectivity index (χ1) is 17.4. The van der Waals surface area contributed by atoms with E-state index in [9.17, 15) is 4.79 Å². The fraction of sp³-hybridized carbons (Fsp3) is 0.367. The van der Waals surface area contributed by atoms with Gasteiger partial charge < -0.3 is 23.7 Å². The monoisotopic (exact) mass is 494 g/mol. The molecule has 0 fully saturated rings. The number of hydrogen-bond donors (Lipinski definition) is 0. The lowest BCUT2D eigenvalue weighted by Gasteiger charge is -2.16. The van der Waals surface area contributed by atoms with Crippen LogP contribution < -0.4 is 9.47 Å². The van der Waals surface area contributed by atoms with Crippen molar-refractivity contribution >= 4 is 18.1 Å². The lowest BCUT2D eigenvalue weighted by Crippen LogP contribution is -2.06. The minimum atomic E-state index is -0.359. The number of methoxy groups -OCH3 is 3. The first kappa shape index (κ1) is 28.9. The van der Waals surface area contributed by atoms with Gasteiger partial charge in [-0.15, -0.1) is 0 Å². The van der Waals surface area contributed by atoms with Gasteiger partial charge in [-0.25, -0.2) is 4.79 Å². The second kappa shape index (κ2) is 15.6. The number of rotatable bonds is 14. The summed E-state index contributed by atoms with van der Waals surface area (Å²) in [5.41, 5.74) is 5.93. The van der Waals surface area contributed by atoms with Crippen molar-refractivity contribution in [2.24, 2.45) is 0 Å². The molecule has 0 amide bonds. The van der Waals surface area contributed by atoms with E-state index in [-0.39, 0.29) is 19.6 Å². The summed E-state index contributed by atoms with van der Waals surface area (Å²) in [7, 11) is 4.56. The highest BCUT2D eigenvalue weighted by atomic mass is 16.7. The molecule has 2 aromatic rings. The standard InChI is InChI=1S/C30H38O6/c1-22(2)8-7-9-23(3)10-17-27-28(35-20-32-4)18-25(19-29(27)36-21-33-5)12-11-24-13-15-26(16-14-24)30(31)34-6/h8,10-16,18-19H,7,9,17,20-21H2,1-6H3/b12-11+,23-10+. The van der Waals surface area contributed by atoms with Crippen LogP contribution in [-0.4, -0.2) is 40.9 Å². The molecule has 0 unspecified atom stereocenters. The summed E-state index contributed by atoms with van der Waals surface area (Å²) < 4.78 is 27.0. The van der Waals surface area contributed by atoms with Gasteiger partial charge in [0.05, 0.1) is 12.7 Å². The highest BCUT2D eigenvalue weighted by Crippen LogP contribution is 2.33. The molecule has 0 N–H and O–H groups in total. The van der Waals surface area contributed by atoms with E-state index >= 15 is 0 Å². The normalized spacial score (nSPS) is 11.4. The zero-order valence-electron chi connectivity index (χ0n) is 22.3. The number of carbonyl (C=O) groups is 1. The van der Waals surface area contributed by atoms with Gasteiger partial charge in [0.25, 0.3) is 0 Å². The van der Waals surface area contributed by atoms with Gasteiger partial charge in [0, 0.05) is 19.8 Å². The Bertz CT molecular complexity index is 1030. The van der Waals surface area contributed by atoms with E-state index in [0.717, 1.165) is 29.5 Å². The predicted molar refractivity (Wildman–Crippen MR) is 144 cm³/mol. The number of ether oxygens (including phenoxy) is 5. The van der Waals surface area contributed by atoms with Crippen LogP contribution in [0, 0.1) is 0 Å². The number of allylic oxidation sites excluding steroid dienone is 4. The number of benzene rings is 2. The molecule has 0 atom stereocenters. The van der Waals surface area contributed by atoms with E-state index in [0.29, 0.717) is 23.5 Å². The molecule has 0 aliphatic carbocycles. The van der Waals surface area contributed by atoms with Gasteiger partial charge in [-0.3, -0.25) is 0 Å². The second-order valence-corrected chi connectivity index (χ2v) is 8.62. The van der Waals surface area contributed by atoms with Gasteiger partial charge in [0.2, 0.25) is 0 Å². The van der Waals surface area contributed by atoms with Crippen molar-refractivity contribution in [2.45, 2.75) is 40.0 Å². The Morgan fingerprint density at radius 3 is 1.92 bits per heavy atom. The summed E-state index contributed by atoms with van der Waals surface area (Å²) in [6.07, 6.45) is 11.1. The van der Waals surface area contributed by atoms with Crippen molar-refractivity contribution in [1.29, 1.82) is 0 Å². The Morgan fingerprint density at radius 1 is 0.806 bits per heavy atom. The van der Waals surface area contributed by atoms with Crippen LogP contribution in [0.2, 0.25) is 0 Å². The molecule has 0 aromatic heterocycles. The summed E-state index contributed by atoms with van der Waals surface area (Å²) >= 11 is 0. The minimum absolute atomic E-state index is 0.127. The molecule has 0 radical (unpaired) electrons. The molecule has 0 aliphatic rings. The highest BCUT2D eigenvalue weighted by Gasteiger charge is 2.13. The Morgan fingerprint density at radius 2 is 1.39 bits per heavy atom. The molecule has 0 heterocycles. The fourth-order valence-corrected chi connectivity index (χ4v) is 3.45. The van der Waals surface area contributed by atoms with E-state index in [2.05, 4.69) is 32.9 Å². The fourth-order valence-electron chi connectivity index (χ4n) is 3.45. The minimum Gasteiger partial charge on any atom is -0.467 e. The van der Waals surface area contributed by atoms with Crippen LogP contribution in [0.15, 0.2) is 59.7 Å². The second-order valence-electron chi connectivity index (χ2n) is 8.62. The third-order valence-corrected chi connectivity index (χ3v) is 5.40. The lowest BCUT2D eigenvalue weighted by molar-refractivity contribution is 0.0448. The molecule has 0 saturated carbocycles. The maximum absolute atomic E-state index is 11.7. The van der Waals surface area contributed by atoms with Crippen LogP contribution in [-0.2, 0) is 20.6 Å². The lowest BCUT2D eigenvalue weighted by atomic mass is 10.0. The van der Waals surface area contributed by atoms with E-state index in [1.807, 2.05) is 36.4 Å². The van der Waals surface area contributed by atoms with Gasteiger partial charge in [-0.2, -0.15) is 0 Å². The van der Waals surface area contributed by atoms with Crippen LogP contribution in [0.3, 0.4) is 0 Å². The zero-order chi connectivity index (χ0) is 26.3. The van der Waals surface area contributed by atoms with Crippen LogP contribution in [0.25, 0.3) is 12.2 Å². The van der Waals surface area contributed by atoms with Gasteiger partial charge in [-0.05, 0) is 75.4 Å². The highest BCUT2D eigenvalue weighted by molar-refractivity contribution is 5.89. The van der Waals surface area contributed by atoms with Crippen molar-refractivity contribution in [3.63, 3.8) is 0 Å². The van der Waals surface area contributed by atoms with Gasteiger partial charge in [0.15, 0.2) is 13.6 Å². The Balaban J connectivity index is 2.34. The predicted octanol–water partition coefficient (Wildman–Crippen LogP) is 6.84. The molecule has 6 heteroatoms. The van der Waals surface area contributed by atoms with E-state index in [1.165, 1.54) is 18.3 Å². The molecule has 2 aromatic carbocycles. The molecule has 6 nitrogen and oxygen atoms in total. The average molecular weight is 495 g/mol. The molecular formula is C30H38O6. The van der Waals surface area contributed by atoms with E-state index < -0.39 is 0 Å². The van der Waals surface area contributed by atoms with Crippen molar-refractivity contribution in [3.8, 4) is 11.5 Å². The quantitative estimate of drug-likeness (QED) is 0.124. The number of carbonyl (C=O) groups excluding carboxylic acids is 1. The first-order valence-corrected chi connectivity index (χ1v) is 11.9. The van der Waals surface area contributed by atoms with Crippen LogP contribution in [0.1, 0.15) is 60.7 Å². The molecule has 194 valence electrons. The van der Waals surface area contributed by atoms with Crippen molar-refractivity contribution in [1.82, 2.24) is 0 Å². The molecule has 0 aliphatic heterocycles. The summed E-state index contributed by atoms with van der Waals surface area (Å²) in [5.74, 6) is 1.03. The Hall–Kier alpha value is -3.35. The van der Waals surface area contributed by atoms with Crippen molar-refractivity contribution in [3.05, 3.63) is 82.0 Å². The summed E-state index contributed by atoms with van der Waals surface area (Å²) in [4.78, 5) is 11.7. The van der Waals surface area contributed by atoms with Crippen LogP contribution in [0.4, 0.5) is 0 Å². The van der Waals surface area contributed by atoms with Crippen LogP contribution in [0.5, 0.6) is 11.5 Å². The largest absolute Gasteiger partial charge is 0.467 e. The maximum Gasteiger partial charge on any atom is 0.337 e.